The van der Waals surface area contributed by atoms with Crippen LogP contribution in [0, 0.1) is 0 Å². The molecule has 106 valence electrons. The molecule has 2 N–H and O–H groups in total. The lowest BCUT2D eigenvalue weighted by molar-refractivity contribution is 0.404. The molecule has 1 aliphatic heterocycles. The third-order valence-electron chi connectivity index (χ3n) is 4.13. The quantitative estimate of drug-likeness (QED) is 0.902. The van der Waals surface area contributed by atoms with Crippen LogP contribution in [0.2, 0.25) is 0 Å². The summed E-state index contributed by atoms with van der Waals surface area (Å²) in [4.78, 5) is 2.53. The van der Waals surface area contributed by atoms with E-state index in [1.165, 1.54) is 31.4 Å². The van der Waals surface area contributed by atoms with Gasteiger partial charge in [0.05, 0.1) is 7.11 Å². The van der Waals surface area contributed by atoms with Gasteiger partial charge in [-0.25, -0.2) is 0 Å². The monoisotopic (exact) mass is 262 g/mol. The van der Waals surface area contributed by atoms with Crippen LogP contribution in [0.5, 0.6) is 5.75 Å². The van der Waals surface area contributed by atoms with Crippen LogP contribution < -0.4 is 15.4 Å². The van der Waals surface area contributed by atoms with E-state index in [9.17, 15) is 0 Å². The molecule has 3 heteroatoms. The van der Waals surface area contributed by atoms with E-state index >= 15 is 0 Å². The molecule has 0 bridgehead atoms. The summed E-state index contributed by atoms with van der Waals surface area (Å²) in [5.41, 5.74) is 8.59. The van der Waals surface area contributed by atoms with Crippen molar-refractivity contribution in [3.8, 4) is 5.75 Å². The molecule has 19 heavy (non-hydrogen) atoms. The van der Waals surface area contributed by atoms with Crippen LogP contribution in [0.25, 0.3) is 0 Å². The Morgan fingerprint density at radius 3 is 2.84 bits per heavy atom. The Kier molecular flexibility index (Phi) is 4.70. The van der Waals surface area contributed by atoms with Gasteiger partial charge in [-0.1, -0.05) is 13.0 Å². The van der Waals surface area contributed by atoms with E-state index in [0.29, 0.717) is 6.04 Å². The van der Waals surface area contributed by atoms with Crippen LogP contribution in [-0.2, 0) is 0 Å². The van der Waals surface area contributed by atoms with Crippen LogP contribution in [0.1, 0.15) is 51.1 Å². The summed E-state index contributed by atoms with van der Waals surface area (Å²) in [5, 5.41) is 0. The molecule has 1 heterocycles. The van der Waals surface area contributed by atoms with E-state index in [-0.39, 0.29) is 6.04 Å². The predicted molar refractivity (Wildman–Crippen MR) is 80.9 cm³/mol. The number of hydrogen-bond acceptors (Lipinski definition) is 3. The number of piperidine rings is 1. The summed E-state index contributed by atoms with van der Waals surface area (Å²) in [5.74, 6) is 0.910. The first-order valence-corrected chi connectivity index (χ1v) is 7.38. The normalized spacial score (nSPS) is 21.3. The van der Waals surface area contributed by atoms with E-state index in [0.717, 1.165) is 17.9 Å². The van der Waals surface area contributed by atoms with Gasteiger partial charge in [-0.2, -0.15) is 0 Å². The zero-order valence-corrected chi connectivity index (χ0v) is 12.4. The molecular formula is C16H26N2O. The van der Waals surface area contributed by atoms with Gasteiger partial charge in [0.2, 0.25) is 0 Å². The van der Waals surface area contributed by atoms with Crippen molar-refractivity contribution in [3.63, 3.8) is 0 Å². The van der Waals surface area contributed by atoms with E-state index in [1.807, 2.05) is 13.0 Å². The number of hydrogen-bond donors (Lipinski definition) is 1. The second-order valence-corrected chi connectivity index (χ2v) is 5.43. The summed E-state index contributed by atoms with van der Waals surface area (Å²) in [7, 11) is 1.72. The van der Waals surface area contributed by atoms with Gasteiger partial charge in [-0.05, 0) is 44.7 Å². The Morgan fingerprint density at radius 1 is 1.42 bits per heavy atom. The van der Waals surface area contributed by atoms with Crippen molar-refractivity contribution in [2.45, 2.75) is 51.6 Å². The Bertz CT molecular complexity index is 417. The number of anilines is 1. The average Bonchev–Trinajstić information content (AvgIpc) is 2.46. The standard InChI is InChI=1S/C16H26N2O/c1-4-13-8-5-6-11-18(13)14-9-7-10-15(19-3)16(14)12(2)17/h7,9-10,12-13H,4-6,8,11,17H2,1-3H3/t12-,13?/m0/s1. The van der Waals surface area contributed by atoms with Gasteiger partial charge in [0.15, 0.2) is 0 Å². The van der Waals surface area contributed by atoms with Gasteiger partial charge in [0, 0.05) is 29.9 Å². The average molecular weight is 262 g/mol. The molecule has 0 radical (unpaired) electrons. The van der Waals surface area contributed by atoms with Crippen molar-refractivity contribution in [1.82, 2.24) is 0 Å². The second-order valence-electron chi connectivity index (χ2n) is 5.43. The largest absolute Gasteiger partial charge is 0.496 e. The molecular weight excluding hydrogens is 236 g/mol. The summed E-state index contributed by atoms with van der Waals surface area (Å²) >= 11 is 0. The highest BCUT2D eigenvalue weighted by molar-refractivity contribution is 5.61. The van der Waals surface area contributed by atoms with Crippen molar-refractivity contribution in [1.29, 1.82) is 0 Å². The van der Waals surface area contributed by atoms with Crippen LogP contribution in [0.4, 0.5) is 5.69 Å². The zero-order chi connectivity index (χ0) is 13.8. The lowest BCUT2D eigenvalue weighted by Gasteiger charge is -2.39. The summed E-state index contributed by atoms with van der Waals surface area (Å²) in [6.07, 6.45) is 5.08. The fraction of sp³-hybridized carbons (Fsp3) is 0.625. The fourth-order valence-corrected chi connectivity index (χ4v) is 3.16. The Morgan fingerprint density at radius 2 is 2.21 bits per heavy atom. The van der Waals surface area contributed by atoms with E-state index in [1.54, 1.807) is 7.11 Å². The first-order chi connectivity index (χ1) is 9.19. The van der Waals surface area contributed by atoms with E-state index in [2.05, 4.69) is 24.0 Å². The zero-order valence-electron chi connectivity index (χ0n) is 12.4. The molecule has 1 fully saturated rings. The molecule has 1 aromatic carbocycles. The lowest BCUT2D eigenvalue weighted by atomic mass is 9.96. The van der Waals surface area contributed by atoms with Gasteiger partial charge in [0.25, 0.3) is 0 Å². The Hall–Kier alpha value is -1.22. The van der Waals surface area contributed by atoms with Gasteiger partial charge >= 0.3 is 0 Å². The number of rotatable bonds is 4. The molecule has 3 nitrogen and oxygen atoms in total. The van der Waals surface area contributed by atoms with E-state index in [4.69, 9.17) is 10.5 Å². The molecule has 2 atom stereocenters. The molecule has 0 spiro atoms. The highest BCUT2D eigenvalue weighted by Crippen LogP contribution is 2.37. The van der Waals surface area contributed by atoms with Gasteiger partial charge in [-0.15, -0.1) is 0 Å². The maximum absolute atomic E-state index is 6.18. The molecule has 1 unspecified atom stereocenters. The highest BCUT2D eigenvalue weighted by Gasteiger charge is 2.25. The number of ether oxygens (including phenoxy) is 1. The summed E-state index contributed by atoms with van der Waals surface area (Å²) in [6.45, 7) is 5.44. The van der Waals surface area contributed by atoms with Crippen molar-refractivity contribution < 1.29 is 4.74 Å². The van der Waals surface area contributed by atoms with E-state index < -0.39 is 0 Å². The maximum Gasteiger partial charge on any atom is 0.125 e. The smallest absolute Gasteiger partial charge is 0.125 e. The summed E-state index contributed by atoms with van der Waals surface area (Å²) < 4.78 is 5.50. The van der Waals surface area contributed by atoms with Crippen molar-refractivity contribution in [2.75, 3.05) is 18.6 Å². The molecule has 0 aliphatic carbocycles. The van der Waals surface area contributed by atoms with Gasteiger partial charge in [-0.3, -0.25) is 0 Å². The topological polar surface area (TPSA) is 38.5 Å². The third-order valence-corrected chi connectivity index (χ3v) is 4.13. The minimum atomic E-state index is -0.00872. The van der Waals surface area contributed by atoms with Gasteiger partial charge in [0.1, 0.15) is 5.75 Å². The molecule has 2 rings (SSSR count). The minimum Gasteiger partial charge on any atom is -0.496 e. The lowest BCUT2D eigenvalue weighted by Crippen LogP contribution is -2.40. The molecule has 1 saturated heterocycles. The third kappa shape index (κ3) is 2.86. The fourth-order valence-electron chi connectivity index (χ4n) is 3.16. The Labute approximate surface area is 116 Å². The maximum atomic E-state index is 6.18. The molecule has 0 saturated carbocycles. The SMILES string of the molecule is CCC1CCCCN1c1cccc(OC)c1[C@H](C)N. The second kappa shape index (κ2) is 6.29. The van der Waals surface area contributed by atoms with Crippen LogP contribution >= 0.6 is 0 Å². The predicted octanol–water partition coefficient (Wildman–Crippen LogP) is 3.48. The number of methoxy groups -OCH3 is 1. The van der Waals surface area contributed by atoms with Gasteiger partial charge < -0.3 is 15.4 Å². The van der Waals surface area contributed by atoms with Crippen LogP contribution in [-0.4, -0.2) is 19.7 Å². The summed E-state index contributed by atoms with van der Waals surface area (Å²) in [6, 6.07) is 6.90. The molecule has 1 aromatic rings. The molecule has 0 aromatic heterocycles. The Balaban J connectivity index is 2.42. The number of benzene rings is 1. The first kappa shape index (κ1) is 14.2. The highest BCUT2D eigenvalue weighted by atomic mass is 16.5. The number of nitrogens with zero attached hydrogens (tertiary/aromatic N) is 1. The van der Waals surface area contributed by atoms with Crippen LogP contribution in [0.3, 0.4) is 0 Å². The van der Waals surface area contributed by atoms with Crippen molar-refractivity contribution in [3.05, 3.63) is 23.8 Å². The molecule has 1 aliphatic rings. The van der Waals surface area contributed by atoms with Crippen molar-refractivity contribution in [2.24, 2.45) is 5.73 Å². The minimum absolute atomic E-state index is 0.00872. The van der Waals surface area contributed by atoms with Crippen molar-refractivity contribution >= 4 is 5.69 Å². The molecule has 0 amide bonds. The number of nitrogens with two attached hydrogens (primary N) is 1. The van der Waals surface area contributed by atoms with Crippen LogP contribution in [0.15, 0.2) is 18.2 Å². The first-order valence-electron chi connectivity index (χ1n) is 7.38.